The van der Waals surface area contributed by atoms with Crippen molar-refractivity contribution in [1.29, 1.82) is 0 Å². The average molecular weight is 1080 g/mol. The third-order valence-corrected chi connectivity index (χ3v) is 21.5. The lowest BCUT2D eigenvalue weighted by Gasteiger charge is -2.45. The molecule has 1 aliphatic rings. The Bertz CT molecular complexity index is 4260. The van der Waals surface area contributed by atoms with E-state index in [0.29, 0.717) is 0 Å². The van der Waals surface area contributed by atoms with Gasteiger partial charge in [0.2, 0.25) is 0 Å². The van der Waals surface area contributed by atoms with E-state index in [4.69, 9.17) is 0 Å². The number of hydrogen-bond donors (Lipinski definition) is 0. The lowest BCUT2D eigenvalue weighted by molar-refractivity contribution is 1.17. The number of nitrogens with zero attached hydrogens (tertiary/aromatic N) is 4. The van der Waals surface area contributed by atoms with Gasteiger partial charge in [0, 0.05) is 64.0 Å². The molecule has 7 heteroatoms. The third kappa shape index (κ3) is 6.10. The van der Waals surface area contributed by atoms with Crippen LogP contribution in [-0.2, 0) is 0 Å². The van der Waals surface area contributed by atoms with E-state index in [2.05, 4.69) is 305 Å². The molecule has 3 aromatic heterocycles. The predicted octanol–water partition coefficient (Wildman–Crippen LogP) is 15.7. The fraction of sp³-hybridized carbons (Fsp3) is 0. The fourth-order valence-electron chi connectivity index (χ4n) is 12.5. The van der Waals surface area contributed by atoms with E-state index in [1.807, 2.05) is 0 Å². The lowest BCUT2D eigenvalue weighted by atomic mass is 10.1. The number of benzene rings is 11. The Labute approximate surface area is 439 Å². The van der Waals surface area contributed by atoms with Crippen LogP contribution in [0, 0.1) is 0 Å². The highest BCUT2D eigenvalue weighted by molar-refractivity contribution is 9.11. The van der Waals surface area contributed by atoms with E-state index in [1.165, 1.54) is 86.2 Å². The van der Waals surface area contributed by atoms with Crippen LogP contribution in [0.5, 0.6) is 0 Å². The number of aromatic nitrogens is 3. The first-order valence-corrected chi connectivity index (χ1v) is 28.3. The van der Waals surface area contributed by atoms with Gasteiger partial charge in [-0.05, 0) is 144 Å². The van der Waals surface area contributed by atoms with E-state index >= 15 is 0 Å². The predicted molar refractivity (Wildman–Crippen MR) is 317 cm³/mol. The number of anilines is 3. The van der Waals surface area contributed by atoms with Gasteiger partial charge in [-0.2, -0.15) is 0 Å². The summed E-state index contributed by atoms with van der Waals surface area (Å²) < 4.78 is 9.35. The van der Waals surface area contributed by atoms with Crippen molar-refractivity contribution < 1.29 is 0 Å². The minimum absolute atomic E-state index is 0.999. The normalized spacial score (nSPS) is 13.2. The smallest absolute Gasteiger partial charge is 0.184 e. The van der Waals surface area contributed by atoms with Gasteiger partial charge in [0.25, 0.3) is 0 Å². The van der Waals surface area contributed by atoms with Crippen LogP contribution < -0.4 is 25.6 Å². The molecule has 0 fully saturated rings. The molecular formula is C66H42Br2N4Si. The Morgan fingerprint density at radius 1 is 0.274 bits per heavy atom. The Balaban J connectivity index is 1.01. The highest BCUT2D eigenvalue weighted by Gasteiger charge is 2.50. The second-order valence-electron chi connectivity index (χ2n) is 19.1. The summed E-state index contributed by atoms with van der Waals surface area (Å²) in [4.78, 5) is 2.49. The van der Waals surface area contributed by atoms with Crippen LogP contribution in [0.4, 0.5) is 17.1 Å². The molecule has 73 heavy (non-hydrogen) atoms. The maximum absolute atomic E-state index is 4.25. The minimum Gasteiger partial charge on any atom is -0.309 e. The van der Waals surface area contributed by atoms with Gasteiger partial charge in [0.1, 0.15) is 0 Å². The van der Waals surface area contributed by atoms with Gasteiger partial charge in [0.05, 0.1) is 44.5 Å². The first-order chi connectivity index (χ1) is 36.1. The summed E-state index contributed by atoms with van der Waals surface area (Å²) in [6.45, 7) is 0. The third-order valence-electron chi connectivity index (χ3n) is 15.4. The molecule has 0 N–H and O–H groups in total. The molecule has 0 saturated carbocycles. The number of rotatable bonds is 6. The van der Waals surface area contributed by atoms with Crippen molar-refractivity contribution in [3.8, 4) is 17.1 Å². The Hall–Kier alpha value is -8.20. The quantitative estimate of drug-likeness (QED) is 0.152. The van der Waals surface area contributed by atoms with Crippen molar-refractivity contribution in [3.63, 3.8) is 0 Å². The van der Waals surface area contributed by atoms with Crippen molar-refractivity contribution in [3.05, 3.63) is 264 Å². The van der Waals surface area contributed by atoms with E-state index in [0.717, 1.165) is 43.1 Å². The Morgan fingerprint density at radius 3 is 1.08 bits per heavy atom. The maximum atomic E-state index is 4.25. The van der Waals surface area contributed by atoms with Gasteiger partial charge < -0.3 is 18.6 Å². The molecule has 11 aromatic carbocycles. The molecule has 344 valence electrons. The molecule has 0 radical (unpaired) electrons. The molecule has 0 spiro atoms. The molecule has 0 unspecified atom stereocenters. The van der Waals surface area contributed by atoms with Crippen molar-refractivity contribution >= 4 is 143 Å². The van der Waals surface area contributed by atoms with E-state index in [-0.39, 0.29) is 0 Å². The molecule has 0 atom stereocenters. The molecule has 0 bridgehead atoms. The summed E-state index contributed by atoms with van der Waals surface area (Å²) in [5.41, 5.74) is 13.9. The SMILES string of the molecule is Brc1cc(-n2c3ccccc3c3ccccc32)ccc1N1c2ccccc2[Si](c2cccc(-n3c4ccccc4c4ccccc43)c2)(c2cccc(-n3c4ccccc4c4ccccc43)c2)c2cccc(Br)c21. The molecule has 0 saturated heterocycles. The molecular weight excluding hydrogens is 1040 g/mol. The van der Waals surface area contributed by atoms with Crippen LogP contribution in [0.1, 0.15) is 0 Å². The van der Waals surface area contributed by atoms with Gasteiger partial charge in [-0.1, -0.05) is 164 Å². The highest BCUT2D eigenvalue weighted by Crippen LogP contribution is 2.46. The number of para-hydroxylation sites is 8. The molecule has 15 rings (SSSR count). The Kier molecular flexibility index (Phi) is 9.55. The fourth-order valence-corrected chi connectivity index (χ4v) is 18.9. The van der Waals surface area contributed by atoms with Crippen LogP contribution in [0.2, 0.25) is 0 Å². The van der Waals surface area contributed by atoms with E-state index in [1.54, 1.807) is 0 Å². The number of halogens is 2. The van der Waals surface area contributed by atoms with E-state index < -0.39 is 8.07 Å². The molecule has 0 aliphatic carbocycles. The van der Waals surface area contributed by atoms with Crippen LogP contribution in [0.3, 0.4) is 0 Å². The number of hydrogen-bond acceptors (Lipinski definition) is 1. The van der Waals surface area contributed by atoms with E-state index in [9.17, 15) is 0 Å². The maximum Gasteiger partial charge on any atom is 0.184 e. The summed E-state index contributed by atoms with van der Waals surface area (Å²) >= 11 is 8.47. The second kappa shape index (κ2) is 16.4. The monoisotopic (exact) mass is 1080 g/mol. The zero-order valence-corrected chi connectivity index (χ0v) is 43.5. The molecule has 4 nitrogen and oxygen atoms in total. The summed E-state index contributed by atoms with van der Waals surface area (Å²) in [6, 6.07) is 94.6. The Morgan fingerprint density at radius 2 is 0.644 bits per heavy atom. The van der Waals surface area contributed by atoms with Crippen molar-refractivity contribution in [2.24, 2.45) is 0 Å². The van der Waals surface area contributed by atoms with Gasteiger partial charge in [-0.15, -0.1) is 0 Å². The molecule has 4 heterocycles. The summed E-state index contributed by atoms with van der Waals surface area (Å²) in [5.74, 6) is 0. The summed E-state index contributed by atoms with van der Waals surface area (Å²) in [7, 11) is -3.29. The zero-order valence-electron chi connectivity index (χ0n) is 39.3. The van der Waals surface area contributed by atoms with Crippen LogP contribution in [-0.4, -0.2) is 21.8 Å². The largest absolute Gasteiger partial charge is 0.309 e. The van der Waals surface area contributed by atoms with Crippen LogP contribution in [0.25, 0.3) is 82.5 Å². The van der Waals surface area contributed by atoms with Gasteiger partial charge in [-0.25, -0.2) is 0 Å². The van der Waals surface area contributed by atoms with Crippen molar-refractivity contribution in [2.75, 3.05) is 4.90 Å². The molecule has 14 aromatic rings. The van der Waals surface area contributed by atoms with Crippen molar-refractivity contribution in [2.45, 2.75) is 0 Å². The summed E-state index contributed by atoms with van der Waals surface area (Å²) in [5, 5.41) is 12.7. The minimum atomic E-state index is -3.29. The summed E-state index contributed by atoms with van der Waals surface area (Å²) in [6.07, 6.45) is 0. The first-order valence-electron chi connectivity index (χ1n) is 24.7. The first kappa shape index (κ1) is 42.5. The zero-order chi connectivity index (χ0) is 48.4. The number of fused-ring (bicyclic) bond motifs is 11. The van der Waals surface area contributed by atoms with Gasteiger partial charge >= 0.3 is 0 Å². The van der Waals surface area contributed by atoms with Crippen molar-refractivity contribution in [1.82, 2.24) is 13.7 Å². The molecule has 0 amide bonds. The van der Waals surface area contributed by atoms with Crippen LogP contribution >= 0.6 is 31.9 Å². The lowest BCUT2D eigenvalue weighted by Crippen LogP contribution is -2.77. The van der Waals surface area contributed by atoms with Gasteiger partial charge in [-0.3, -0.25) is 0 Å². The standard InChI is InChI=1S/C66H42Br2N4Si/c67-54-28-17-37-65-66(54)72(62-39-38-45(42-55(62)68)71-60-33-11-5-26-52(60)53-27-6-12-34-61(53)71)63-35-13-14-36-64(63)73(65,46-20-15-18-43(40-46)69-56-29-7-1-22-48(56)49-23-2-8-30-57(49)69)47-21-16-19-44(41-47)70-58-31-9-3-24-50(58)51-25-4-10-32-59(51)70/h1-42H. The van der Waals surface area contributed by atoms with Gasteiger partial charge in [0.15, 0.2) is 8.07 Å². The topological polar surface area (TPSA) is 18.0 Å². The molecule has 1 aliphatic heterocycles. The van der Waals surface area contributed by atoms with Crippen LogP contribution in [0.15, 0.2) is 264 Å². The average Bonchev–Trinajstić information content (AvgIpc) is 4.09. The second-order valence-corrected chi connectivity index (χ2v) is 24.5. The highest BCUT2D eigenvalue weighted by atomic mass is 79.9.